The van der Waals surface area contributed by atoms with Gasteiger partial charge in [0.05, 0.1) is 5.41 Å². The molecule has 3 aromatic rings. The van der Waals surface area contributed by atoms with Gasteiger partial charge in [0.25, 0.3) is 0 Å². The first-order valence-electron chi connectivity index (χ1n) is 7.18. The molecule has 1 aromatic heterocycles. The molecule has 3 heteroatoms. The predicted molar refractivity (Wildman–Crippen MR) is 90.1 cm³/mol. The van der Waals surface area contributed by atoms with Gasteiger partial charge in [0.15, 0.2) is 0 Å². The van der Waals surface area contributed by atoms with Crippen LogP contribution in [0.5, 0.6) is 0 Å². The van der Waals surface area contributed by atoms with Crippen LogP contribution in [0.4, 0.5) is 0 Å². The maximum atomic E-state index is 12.2. The van der Waals surface area contributed by atoms with E-state index in [0.29, 0.717) is 6.42 Å². The maximum absolute atomic E-state index is 12.2. The van der Waals surface area contributed by atoms with Crippen molar-refractivity contribution in [3.8, 4) is 0 Å². The summed E-state index contributed by atoms with van der Waals surface area (Å²) in [6.07, 6.45) is 4.01. The van der Waals surface area contributed by atoms with E-state index in [2.05, 4.69) is 17.1 Å². The summed E-state index contributed by atoms with van der Waals surface area (Å²) in [5.74, 6) is 0. The topological polar surface area (TPSA) is 30.0 Å². The monoisotopic (exact) mass is 309 g/mol. The molecule has 0 amide bonds. The maximum Gasteiger partial charge on any atom is 0.232 e. The van der Waals surface area contributed by atoms with Crippen molar-refractivity contribution in [2.75, 3.05) is 0 Å². The van der Waals surface area contributed by atoms with Crippen LogP contribution in [0.1, 0.15) is 18.1 Å². The molecule has 0 N–H and O–H groups in total. The summed E-state index contributed by atoms with van der Waals surface area (Å²) in [4.78, 5) is 16.2. The Morgan fingerprint density at radius 1 is 1.05 bits per heavy atom. The SMILES string of the molecule is CC(Cc1ccncc1)(C(=O)Cl)c1ccc2ccccc2c1. The minimum Gasteiger partial charge on any atom is -0.280 e. The Hall–Kier alpha value is -2.19. The third-order valence-corrected chi connectivity index (χ3v) is 4.54. The second-order valence-electron chi connectivity index (χ2n) is 5.70. The number of hydrogen-bond acceptors (Lipinski definition) is 2. The zero-order valence-corrected chi connectivity index (χ0v) is 13.0. The second kappa shape index (κ2) is 5.90. The number of aromatic nitrogens is 1. The van der Waals surface area contributed by atoms with Crippen molar-refractivity contribution in [2.24, 2.45) is 0 Å². The first-order valence-corrected chi connectivity index (χ1v) is 7.55. The average molecular weight is 310 g/mol. The second-order valence-corrected chi connectivity index (χ2v) is 6.04. The molecule has 0 saturated heterocycles. The van der Waals surface area contributed by atoms with E-state index in [-0.39, 0.29) is 5.24 Å². The fraction of sp³-hybridized carbons (Fsp3) is 0.158. The van der Waals surface area contributed by atoms with Crippen molar-refractivity contribution in [1.82, 2.24) is 4.98 Å². The molecule has 0 saturated carbocycles. The number of fused-ring (bicyclic) bond motifs is 1. The van der Waals surface area contributed by atoms with Crippen molar-refractivity contribution < 1.29 is 4.79 Å². The fourth-order valence-electron chi connectivity index (χ4n) is 2.73. The molecular formula is C19H16ClNO. The highest BCUT2D eigenvalue weighted by atomic mass is 35.5. The van der Waals surface area contributed by atoms with E-state index >= 15 is 0 Å². The lowest BCUT2D eigenvalue weighted by atomic mass is 9.78. The molecule has 0 aliphatic rings. The zero-order chi connectivity index (χ0) is 15.6. The minimum absolute atomic E-state index is 0.348. The van der Waals surface area contributed by atoms with Gasteiger partial charge in [0, 0.05) is 12.4 Å². The van der Waals surface area contributed by atoms with Crippen LogP contribution in [0.3, 0.4) is 0 Å². The predicted octanol–water partition coefficient (Wildman–Crippen LogP) is 4.50. The Morgan fingerprint density at radius 2 is 1.73 bits per heavy atom. The van der Waals surface area contributed by atoms with Crippen molar-refractivity contribution in [2.45, 2.75) is 18.8 Å². The summed E-state index contributed by atoms with van der Waals surface area (Å²) >= 11 is 5.97. The lowest BCUT2D eigenvalue weighted by molar-refractivity contribution is -0.116. The first-order chi connectivity index (χ1) is 10.6. The molecule has 110 valence electrons. The van der Waals surface area contributed by atoms with Gasteiger partial charge in [-0.15, -0.1) is 0 Å². The molecule has 1 heterocycles. The van der Waals surface area contributed by atoms with Gasteiger partial charge >= 0.3 is 0 Å². The fourth-order valence-corrected chi connectivity index (χ4v) is 2.90. The Balaban J connectivity index is 2.07. The number of pyridine rings is 1. The molecule has 0 fully saturated rings. The van der Waals surface area contributed by atoms with Crippen LogP contribution in [-0.2, 0) is 16.6 Å². The van der Waals surface area contributed by atoms with Gasteiger partial charge in [-0.25, -0.2) is 0 Å². The Bertz CT molecular complexity index is 816. The Labute approximate surface area is 134 Å². The number of halogens is 1. The highest BCUT2D eigenvalue weighted by Gasteiger charge is 2.34. The van der Waals surface area contributed by atoms with Crippen LogP contribution >= 0.6 is 11.6 Å². The molecule has 3 rings (SSSR count). The molecule has 1 unspecified atom stereocenters. The van der Waals surface area contributed by atoms with E-state index in [4.69, 9.17) is 11.6 Å². The van der Waals surface area contributed by atoms with Crippen LogP contribution in [0.2, 0.25) is 0 Å². The molecule has 0 bridgehead atoms. The number of hydrogen-bond donors (Lipinski definition) is 0. The summed E-state index contributed by atoms with van der Waals surface area (Å²) in [5.41, 5.74) is 1.22. The third kappa shape index (κ3) is 2.75. The van der Waals surface area contributed by atoms with Gasteiger partial charge in [0.2, 0.25) is 5.24 Å². The van der Waals surface area contributed by atoms with E-state index in [1.807, 2.05) is 49.4 Å². The Morgan fingerprint density at radius 3 is 2.41 bits per heavy atom. The molecule has 0 spiro atoms. The van der Waals surface area contributed by atoms with Crippen molar-refractivity contribution in [1.29, 1.82) is 0 Å². The van der Waals surface area contributed by atoms with Gasteiger partial charge in [-0.3, -0.25) is 9.78 Å². The van der Waals surface area contributed by atoms with Gasteiger partial charge in [-0.05, 0) is 59.0 Å². The first kappa shape index (κ1) is 14.7. The van der Waals surface area contributed by atoms with E-state index in [9.17, 15) is 4.79 Å². The van der Waals surface area contributed by atoms with Crippen LogP contribution < -0.4 is 0 Å². The molecule has 2 aromatic carbocycles. The van der Waals surface area contributed by atoms with E-state index in [1.165, 1.54) is 0 Å². The summed E-state index contributed by atoms with van der Waals surface area (Å²) in [7, 11) is 0. The molecule has 1 atom stereocenters. The van der Waals surface area contributed by atoms with Crippen LogP contribution in [0.15, 0.2) is 67.0 Å². The number of benzene rings is 2. The normalized spacial score (nSPS) is 13.7. The quantitative estimate of drug-likeness (QED) is 0.664. The van der Waals surface area contributed by atoms with Gasteiger partial charge < -0.3 is 0 Å². The van der Waals surface area contributed by atoms with Crippen LogP contribution in [-0.4, -0.2) is 10.2 Å². The minimum atomic E-state index is -0.757. The number of carbonyl (C=O) groups is 1. The third-order valence-electron chi connectivity index (χ3n) is 4.13. The summed E-state index contributed by atoms with van der Waals surface area (Å²) in [5, 5.41) is 1.91. The Kier molecular flexibility index (Phi) is 3.95. The van der Waals surface area contributed by atoms with E-state index < -0.39 is 5.41 Å². The van der Waals surface area contributed by atoms with Crippen molar-refractivity contribution in [3.05, 3.63) is 78.1 Å². The lowest BCUT2D eigenvalue weighted by Crippen LogP contribution is -2.31. The highest BCUT2D eigenvalue weighted by Crippen LogP contribution is 2.32. The number of nitrogens with zero attached hydrogens (tertiary/aromatic N) is 1. The van der Waals surface area contributed by atoms with Gasteiger partial charge in [0.1, 0.15) is 0 Å². The summed E-state index contributed by atoms with van der Waals surface area (Å²) in [6.45, 7) is 1.90. The molecule has 0 aliphatic heterocycles. The molecule has 0 radical (unpaired) electrons. The molecule has 0 aliphatic carbocycles. The lowest BCUT2D eigenvalue weighted by Gasteiger charge is -2.26. The molecule has 2 nitrogen and oxygen atoms in total. The standard InChI is InChI=1S/C19H16ClNO/c1-19(18(20)22,13-14-8-10-21-11-9-14)17-7-6-15-4-2-3-5-16(15)12-17/h2-12H,13H2,1H3. The average Bonchev–Trinajstić information content (AvgIpc) is 2.55. The largest absolute Gasteiger partial charge is 0.280 e. The zero-order valence-electron chi connectivity index (χ0n) is 12.3. The van der Waals surface area contributed by atoms with Crippen LogP contribution in [0.25, 0.3) is 10.8 Å². The van der Waals surface area contributed by atoms with E-state index in [0.717, 1.165) is 21.9 Å². The number of rotatable bonds is 4. The molecule has 22 heavy (non-hydrogen) atoms. The van der Waals surface area contributed by atoms with Crippen molar-refractivity contribution in [3.63, 3.8) is 0 Å². The van der Waals surface area contributed by atoms with Crippen molar-refractivity contribution >= 4 is 27.6 Å². The van der Waals surface area contributed by atoms with E-state index in [1.54, 1.807) is 12.4 Å². The number of carbonyl (C=O) groups excluding carboxylic acids is 1. The smallest absolute Gasteiger partial charge is 0.232 e. The van der Waals surface area contributed by atoms with Gasteiger partial charge in [-0.2, -0.15) is 0 Å². The highest BCUT2D eigenvalue weighted by molar-refractivity contribution is 6.65. The summed E-state index contributed by atoms with van der Waals surface area (Å²) < 4.78 is 0. The van der Waals surface area contributed by atoms with Gasteiger partial charge in [-0.1, -0.05) is 42.5 Å². The van der Waals surface area contributed by atoms with Crippen LogP contribution in [0, 0.1) is 0 Å². The summed E-state index contributed by atoms with van der Waals surface area (Å²) in [6, 6.07) is 18.0. The molecular weight excluding hydrogens is 294 g/mol.